The molecule has 4 heteroatoms. The number of aliphatic hydroxyl groups excluding tert-OH is 1. The van der Waals surface area contributed by atoms with Crippen LogP contribution in [0.25, 0.3) is 0 Å². The van der Waals surface area contributed by atoms with Crippen LogP contribution in [0.15, 0.2) is 0 Å². The highest BCUT2D eigenvalue weighted by molar-refractivity contribution is 4.36. The maximum absolute atomic E-state index is 8.26. The van der Waals surface area contributed by atoms with Gasteiger partial charge in [-0.1, -0.05) is 0 Å². The number of hydrogen-bond donors (Lipinski definition) is 2. The molecule has 4 nitrogen and oxygen atoms in total. The highest BCUT2D eigenvalue weighted by atomic mass is 16.5. The molecule has 3 N–H and O–H groups in total. The Morgan fingerprint density at radius 2 is 2.22 bits per heavy atom. The highest BCUT2D eigenvalue weighted by Crippen LogP contribution is 1.74. The van der Waals surface area contributed by atoms with Crippen molar-refractivity contribution in [1.82, 2.24) is 5.01 Å². The Labute approximate surface area is 55.2 Å². The van der Waals surface area contributed by atoms with Gasteiger partial charge in [-0.05, 0) is 0 Å². The lowest BCUT2D eigenvalue weighted by atomic mass is 10.6. The van der Waals surface area contributed by atoms with Gasteiger partial charge in [0.1, 0.15) is 0 Å². The van der Waals surface area contributed by atoms with Crippen LogP contribution in [0.5, 0.6) is 0 Å². The van der Waals surface area contributed by atoms with Gasteiger partial charge in [-0.25, -0.2) is 5.01 Å². The first-order valence-electron chi connectivity index (χ1n) is 2.92. The molecule has 0 fully saturated rings. The molecule has 0 heterocycles. The van der Waals surface area contributed by atoms with E-state index in [9.17, 15) is 0 Å². The van der Waals surface area contributed by atoms with E-state index in [2.05, 4.69) is 0 Å². The standard InChI is InChI=1S/C5H14N2O2/c1-7(6)2-4-9-5-3-8/h8H,2-6H2,1H3. The van der Waals surface area contributed by atoms with Crippen LogP contribution >= 0.6 is 0 Å². The minimum atomic E-state index is 0.0777. The fourth-order valence-corrected chi connectivity index (χ4v) is 0.375. The summed E-state index contributed by atoms with van der Waals surface area (Å²) in [5, 5.41) is 9.80. The van der Waals surface area contributed by atoms with E-state index >= 15 is 0 Å². The summed E-state index contributed by atoms with van der Waals surface area (Å²) in [6.07, 6.45) is 0. The monoisotopic (exact) mass is 134 g/mol. The van der Waals surface area contributed by atoms with Crippen molar-refractivity contribution in [2.45, 2.75) is 0 Å². The predicted molar refractivity (Wildman–Crippen MR) is 34.7 cm³/mol. The lowest BCUT2D eigenvalue weighted by molar-refractivity contribution is 0.0785. The van der Waals surface area contributed by atoms with Crippen molar-refractivity contribution < 1.29 is 9.84 Å². The molecule has 0 radical (unpaired) electrons. The predicted octanol–water partition coefficient (Wildman–Crippen LogP) is -1.20. The first-order valence-corrected chi connectivity index (χ1v) is 2.92. The summed E-state index contributed by atoms with van der Waals surface area (Å²) in [6, 6.07) is 0. The number of hydrazine groups is 1. The van der Waals surface area contributed by atoms with E-state index in [1.165, 1.54) is 5.01 Å². The van der Waals surface area contributed by atoms with E-state index < -0.39 is 0 Å². The maximum Gasteiger partial charge on any atom is 0.0698 e. The molecule has 0 aliphatic heterocycles. The summed E-state index contributed by atoms with van der Waals surface area (Å²) in [5.74, 6) is 5.27. The summed E-state index contributed by atoms with van der Waals surface area (Å²) in [4.78, 5) is 0. The Kier molecular flexibility index (Phi) is 5.86. The molecule has 0 unspecified atom stereocenters. The van der Waals surface area contributed by atoms with Gasteiger partial charge >= 0.3 is 0 Å². The number of ether oxygens (including phenoxy) is 1. The van der Waals surface area contributed by atoms with Crippen molar-refractivity contribution in [3.63, 3.8) is 0 Å². The molecular weight excluding hydrogens is 120 g/mol. The van der Waals surface area contributed by atoms with Crippen molar-refractivity contribution >= 4 is 0 Å². The van der Waals surface area contributed by atoms with Crippen LogP contribution in [0, 0.1) is 0 Å². The smallest absolute Gasteiger partial charge is 0.0698 e. The third-order valence-electron chi connectivity index (χ3n) is 0.824. The zero-order valence-corrected chi connectivity index (χ0v) is 5.71. The van der Waals surface area contributed by atoms with Crippen molar-refractivity contribution in [3.05, 3.63) is 0 Å². The lowest BCUT2D eigenvalue weighted by Crippen LogP contribution is -2.29. The van der Waals surface area contributed by atoms with Gasteiger partial charge in [0.2, 0.25) is 0 Å². The van der Waals surface area contributed by atoms with Crippen LogP contribution in [-0.2, 0) is 4.74 Å². The fourth-order valence-electron chi connectivity index (χ4n) is 0.375. The quantitative estimate of drug-likeness (QED) is 0.282. The van der Waals surface area contributed by atoms with Gasteiger partial charge < -0.3 is 9.84 Å². The number of rotatable bonds is 5. The molecule has 0 rings (SSSR count). The zero-order chi connectivity index (χ0) is 7.11. The molecule has 0 aromatic rings. The molecule has 0 amide bonds. The summed E-state index contributed by atoms with van der Waals surface area (Å²) < 4.78 is 4.92. The Bertz CT molecular complexity index is 58.9. The minimum absolute atomic E-state index is 0.0777. The van der Waals surface area contributed by atoms with E-state index in [0.29, 0.717) is 19.8 Å². The molecule has 9 heavy (non-hydrogen) atoms. The molecule has 0 saturated carbocycles. The van der Waals surface area contributed by atoms with Crippen LogP contribution in [0.3, 0.4) is 0 Å². The second kappa shape index (κ2) is 5.97. The molecule has 0 aromatic heterocycles. The van der Waals surface area contributed by atoms with E-state index in [1.54, 1.807) is 7.05 Å². The van der Waals surface area contributed by atoms with Crippen LogP contribution in [0.1, 0.15) is 0 Å². The van der Waals surface area contributed by atoms with E-state index in [4.69, 9.17) is 15.7 Å². The average Bonchev–Trinajstić information content (AvgIpc) is 1.80. The number of aliphatic hydroxyl groups is 1. The lowest BCUT2D eigenvalue weighted by Gasteiger charge is -2.08. The maximum atomic E-state index is 8.26. The first kappa shape index (κ1) is 8.84. The Balaban J connectivity index is 2.75. The third kappa shape index (κ3) is 7.84. The molecule has 0 bridgehead atoms. The van der Waals surface area contributed by atoms with Gasteiger partial charge in [-0.15, -0.1) is 0 Å². The largest absolute Gasteiger partial charge is 0.394 e. The SMILES string of the molecule is CN(N)CCOCCO. The molecule has 0 aromatic carbocycles. The van der Waals surface area contributed by atoms with Crippen molar-refractivity contribution in [3.8, 4) is 0 Å². The summed E-state index contributed by atoms with van der Waals surface area (Å²) in [5.41, 5.74) is 0. The van der Waals surface area contributed by atoms with Crippen LogP contribution in [-0.4, -0.2) is 43.5 Å². The topological polar surface area (TPSA) is 58.7 Å². The highest BCUT2D eigenvalue weighted by Gasteiger charge is 1.88. The summed E-state index contributed by atoms with van der Waals surface area (Å²) >= 11 is 0. The Hall–Kier alpha value is -0.160. The normalized spacial score (nSPS) is 10.7. The molecule has 56 valence electrons. The Morgan fingerprint density at radius 3 is 2.67 bits per heavy atom. The minimum Gasteiger partial charge on any atom is -0.394 e. The van der Waals surface area contributed by atoms with Crippen LogP contribution in [0.2, 0.25) is 0 Å². The first-order chi connectivity index (χ1) is 4.27. The average molecular weight is 134 g/mol. The number of likely N-dealkylation sites (N-methyl/N-ethyl adjacent to an activating group) is 1. The molecule has 0 spiro atoms. The zero-order valence-electron chi connectivity index (χ0n) is 5.71. The molecule has 0 saturated heterocycles. The number of hydrogen-bond acceptors (Lipinski definition) is 4. The molecule has 0 aliphatic carbocycles. The third-order valence-corrected chi connectivity index (χ3v) is 0.824. The second-order valence-electron chi connectivity index (χ2n) is 1.82. The van der Waals surface area contributed by atoms with Crippen molar-refractivity contribution in [2.75, 3.05) is 33.4 Å². The number of nitrogens with two attached hydrogens (primary N) is 1. The fraction of sp³-hybridized carbons (Fsp3) is 1.00. The van der Waals surface area contributed by atoms with Crippen LogP contribution < -0.4 is 5.84 Å². The van der Waals surface area contributed by atoms with Gasteiger partial charge in [0, 0.05) is 13.6 Å². The van der Waals surface area contributed by atoms with Crippen LogP contribution in [0.4, 0.5) is 0 Å². The molecule has 0 atom stereocenters. The van der Waals surface area contributed by atoms with E-state index in [-0.39, 0.29) is 6.61 Å². The molecular formula is C5H14N2O2. The second-order valence-corrected chi connectivity index (χ2v) is 1.82. The summed E-state index contributed by atoms with van der Waals surface area (Å²) in [7, 11) is 1.77. The van der Waals surface area contributed by atoms with Gasteiger partial charge in [-0.2, -0.15) is 0 Å². The van der Waals surface area contributed by atoms with Gasteiger partial charge in [0.25, 0.3) is 0 Å². The van der Waals surface area contributed by atoms with Gasteiger partial charge in [0.15, 0.2) is 0 Å². The Morgan fingerprint density at radius 1 is 1.56 bits per heavy atom. The van der Waals surface area contributed by atoms with Gasteiger partial charge in [-0.3, -0.25) is 5.84 Å². The van der Waals surface area contributed by atoms with E-state index in [1.807, 2.05) is 0 Å². The number of nitrogens with zero attached hydrogens (tertiary/aromatic N) is 1. The van der Waals surface area contributed by atoms with Crippen molar-refractivity contribution in [2.24, 2.45) is 5.84 Å². The van der Waals surface area contributed by atoms with Gasteiger partial charge in [0.05, 0.1) is 19.8 Å². The van der Waals surface area contributed by atoms with E-state index in [0.717, 1.165) is 0 Å². The summed E-state index contributed by atoms with van der Waals surface area (Å²) in [6.45, 7) is 1.75. The van der Waals surface area contributed by atoms with Crippen molar-refractivity contribution in [1.29, 1.82) is 0 Å². The molecule has 0 aliphatic rings.